The third-order valence-corrected chi connectivity index (χ3v) is 4.39. The van der Waals surface area contributed by atoms with Crippen LogP contribution in [0.5, 0.6) is 0 Å². The Bertz CT molecular complexity index is 88.2. The van der Waals surface area contributed by atoms with Gasteiger partial charge in [-0.3, -0.25) is 0 Å². The zero-order chi connectivity index (χ0) is 2.99. The van der Waals surface area contributed by atoms with Crippen LogP contribution in [0.15, 0.2) is 0 Å². The van der Waals surface area contributed by atoms with Crippen LogP contribution in [0.1, 0.15) is 0 Å². The molecule has 1 unspecified atom stereocenters. The van der Waals surface area contributed by atoms with Crippen LogP contribution in [-0.4, -0.2) is 5.90 Å². The fraction of sp³-hybridized carbons (Fsp3) is 1.00. The molecule has 22 valence electrons. The van der Waals surface area contributed by atoms with E-state index in [-0.39, 0.29) is 5.98 Å². The molecule has 0 aliphatic carbocycles. The van der Waals surface area contributed by atoms with Gasteiger partial charge in [-0.25, -0.2) is 0 Å². The minimum absolute atomic E-state index is 0.185. The first-order valence-corrected chi connectivity index (χ1v) is 5.34. The van der Waals surface area contributed by atoms with Crippen molar-refractivity contribution in [2.45, 2.75) is 0 Å². The van der Waals surface area contributed by atoms with E-state index in [1.807, 2.05) is 0 Å². The normalized spacial score (nSPS) is 32.5. The Balaban J connectivity index is 3.14. The van der Waals surface area contributed by atoms with Crippen molar-refractivity contribution in [2.75, 3.05) is 5.90 Å². The van der Waals surface area contributed by atoms with Crippen molar-refractivity contribution >= 4 is 25.7 Å². The summed E-state index contributed by atoms with van der Waals surface area (Å²) in [5, 5.41) is 0. The minimum Gasteiger partial charge on any atom is -0.0586 e. The van der Waals surface area contributed by atoms with Gasteiger partial charge in [0.1, 0.15) is 0 Å². The summed E-state index contributed by atoms with van der Waals surface area (Å²) in [5.74, 6) is 1.52. The van der Waals surface area contributed by atoms with Crippen LogP contribution in [0.25, 0.3) is 0 Å². The SMILES string of the molecule is S=P1=PC1. The van der Waals surface area contributed by atoms with E-state index < -0.39 is 0 Å². The molecule has 4 heavy (non-hydrogen) atoms. The number of rotatable bonds is 0. The van der Waals surface area contributed by atoms with Gasteiger partial charge < -0.3 is 0 Å². The van der Waals surface area contributed by atoms with Crippen LogP contribution in [-0.2, 0) is 11.8 Å². The average molecular weight is 108 g/mol. The maximum atomic E-state index is 4.78. The summed E-state index contributed by atoms with van der Waals surface area (Å²) < 4.78 is 0. The summed E-state index contributed by atoms with van der Waals surface area (Å²) in [6.07, 6.45) is 0. The zero-order valence-corrected chi connectivity index (χ0v) is 4.62. The average Bonchev–Trinajstić information content (AvgIpc) is 1.75. The molecule has 0 spiro atoms. The molecular formula is CH2P2S. The Morgan fingerprint density at radius 3 is 2.25 bits per heavy atom. The molecule has 0 aromatic heterocycles. The largest absolute Gasteiger partial charge is 0.0586 e. The summed E-state index contributed by atoms with van der Waals surface area (Å²) in [4.78, 5) is 0. The number of hydrogen-bond acceptors (Lipinski definition) is 1. The molecule has 0 aromatic rings. The fourth-order valence-corrected chi connectivity index (χ4v) is 2.09. The van der Waals surface area contributed by atoms with Crippen molar-refractivity contribution in [1.82, 2.24) is 0 Å². The highest BCUT2D eigenvalue weighted by molar-refractivity contribution is 8.30. The van der Waals surface area contributed by atoms with E-state index >= 15 is 0 Å². The quantitative estimate of drug-likeness (QED) is 0.426. The van der Waals surface area contributed by atoms with Gasteiger partial charge in [-0.1, -0.05) is 19.7 Å². The molecule has 0 bridgehead atoms. The summed E-state index contributed by atoms with van der Waals surface area (Å²) in [6.45, 7) is 0. The van der Waals surface area contributed by atoms with Gasteiger partial charge in [-0.15, -0.1) is 0 Å². The fourth-order valence-electron chi connectivity index (χ4n) is 0.0258. The predicted octanol–water partition coefficient (Wildman–Crippen LogP) is 1.76. The molecule has 0 amide bonds. The third kappa shape index (κ3) is 0.640. The lowest BCUT2D eigenvalue weighted by atomic mass is 11.9. The van der Waals surface area contributed by atoms with Crippen LogP contribution in [0.3, 0.4) is 0 Å². The van der Waals surface area contributed by atoms with Gasteiger partial charge in [0.15, 0.2) is 0 Å². The van der Waals surface area contributed by atoms with Gasteiger partial charge in [-0.05, 0) is 5.98 Å². The second-order valence-electron chi connectivity index (χ2n) is 0.635. The van der Waals surface area contributed by atoms with Crippen LogP contribution in [0, 0.1) is 0 Å². The Hall–Kier alpha value is 0.820. The molecular weight excluding hydrogens is 106 g/mol. The predicted molar refractivity (Wildman–Crippen MR) is 26.1 cm³/mol. The molecule has 3 heteroatoms. The van der Waals surface area contributed by atoms with Crippen LogP contribution >= 0.6 is 13.9 Å². The van der Waals surface area contributed by atoms with Crippen molar-refractivity contribution in [3.8, 4) is 0 Å². The second kappa shape index (κ2) is 0.897. The Kier molecular flexibility index (Phi) is 0.679. The van der Waals surface area contributed by atoms with Crippen LogP contribution < -0.4 is 0 Å². The molecule has 1 aliphatic heterocycles. The summed E-state index contributed by atoms with van der Waals surface area (Å²) in [7, 11) is 1.54. The van der Waals surface area contributed by atoms with Crippen molar-refractivity contribution < 1.29 is 0 Å². The van der Waals surface area contributed by atoms with E-state index in [1.54, 1.807) is 7.87 Å². The second-order valence-corrected chi connectivity index (χ2v) is 7.18. The maximum Gasteiger partial charge on any atom is 0.0460 e. The first-order chi connectivity index (χ1) is 1.89. The molecule has 0 fully saturated rings. The van der Waals surface area contributed by atoms with E-state index in [0.29, 0.717) is 0 Å². The molecule has 1 aliphatic rings. The standard InChI is InChI=1S/CH2P2S/c4-3-1-2-3/h1H2. The molecule has 1 rings (SSSR count). The van der Waals surface area contributed by atoms with Crippen LogP contribution in [0.4, 0.5) is 0 Å². The van der Waals surface area contributed by atoms with Crippen LogP contribution in [0.2, 0.25) is 0 Å². The molecule has 0 saturated heterocycles. The monoisotopic (exact) mass is 108 g/mol. The van der Waals surface area contributed by atoms with Gasteiger partial charge in [0.25, 0.3) is 0 Å². The zero-order valence-electron chi connectivity index (χ0n) is 2.01. The summed E-state index contributed by atoms with van der Waals surface area (Å²) in [5.41, 5.74) is 0. The van der Waals surface area contributed by atoms with E-state index in [4.69, 9.17) is 11.8 Å². The molecule has 1 atom stereocenters. The lowest BCUT2D eigenvalue weighted by Gasteiger charge is -1.24. The molecule has 1 heterocycles. The summed E-state index contributed by atoms with van der Waals surface area (Å²) >= 11 is 4.78. The van der Waals surface area contributed by atoms with Crippen molar-refractivity contribution in [3.05, 3.63) is 0 Å². The van der Waals surface area contributed by atoms with E-state index in [9.17, 15) is 0 Å². The van der Waals surface area contributed by atoms with Gasteiger partial charge in [0.2, 0.25) is 0 Å². The third-order valence-electron chi connectivity index (χ3n) is 0.257. The van der Waals surface area contributed by atoms with Crippen molar-refractivity contribution in [3.63, 3.8) is 0 Å². The first-order valence-electron chi connectivity index (χ1n) is 1.02. The summed E-state index contributed by atoms with van der Waals surface area (Å²) in [6, 6.07) is 0. The Morgan fingerprint density at radius 1 is 2.00 bits per heavy atom. The molecule has 0 radical (unpaired) electrons. The highest BCUT2D eigenvalue weighted by atomic mass is 32.5. The smallest absolute Gasteiger partial charge is 0.0460 e. The lowest BCUT2D eigenvalue weighted by molar-refractivity contribution is 2.37. The van der Waals surface area contributed by atoms with Gasteiger partial charge in [0.05, 0.1) is 0 Å². The first kappa shape index (κ1) is 3.03. The lowest BCUT2D eigenvalue weighted by Crippen LogP contribution is -1.06. The molecule has 0 nitrogen and oxygen atoms in total. The Morgan fingerprint density at radius 2 is 2.25 bits per heavy atom. The van der Waals surface area contributed by atoms with Gasteiger partial charge in [0, 0.05) is 5.90 Å². The molecule has 0 N–H and O–H groups in total. The van der Waals surface area contributed by atoms with E-state index in [1.165, 1.54) is 5.90 Å². The van der Waals surface area contributed by atoms with Gasteiger partial charge in [-0.2, -0.15) is 0 Å². The van der Waals surface area contributed by atoms with Crippen molar-refractivity contribution in [1.29, 1.82) is 0 Å². The van der Waals surface area contributed by atoms with Gasteiger partial charge >= 0.3 is 0 Å². The van der Waals surface area contributed by atoms with E-state index in [2.05, 4.69) is 0 Å². The highest BCUT2D eigenvalue weighted by Gasteiger charge is 1.89. The van der Waals surface area contributed by atoms with E-state index in [0.717, 1.165) is 0 Å². The number of hydrogen-bond donors (Lipinski definition) is 0. The maximum absolute atomic E-state index is 4.78. The molecule has 0 aromatic carbocycles. The van der Waals surface area contributed by atoms with Crippen molar-refractivity contribution in [2.24, 2.45) is 0 Å². The minimum atomic E-state index is 0.185. The highest BCUT2D eigenvalue weighted by Crippen LogP contribution is 2.43. The molecule has 0 saturated carbocycles. The topological polar surface area (TPSA) is 0 Å². The Labute approximate surface area is 32.3 Å².